The number of aryl methyl sites for hydroxylation is 1. The zero-order valence-electron chi connectivity index (χ0n) is 11.7. The van der Waals surface area contributed by atoms with Crippen LogP contribution in [0.25, 0.3) is 0 Å². The van der Waals surface area contributed by atoms with Crippen LogP contribution in [0.5, 0.6) is 0 Å². The van der Waals surface area contributed by atoms with E-state index < -0.39 is 10.0 Å². The van der Waals surface area contributed by atoms with Crippen molar-refractivity contribution in [3.05, 3.63) is 63.6 Å². The highest BCUT2D eigenvalue weighted by atomic mass is 79.9. The summed E-state index contributed by atoms with van der Waals surface area (Å²) in [6.45, 7) is 3.83. The molecule has 0 saturated carbocycles. The lowest BCUT2D eigenvalue weighted by molar-refractivity contribution is 0.584. The predicted octanol–water partition coefficient (Wildman–Crippen LogP) is 3.38. The van der Waals surface area contributed by atoms with Gasteiger partial charge in [0, 0.05) is 4.47 Å². The maximum absolute atomic E-state index is 12.1. The van der Waals surface area contributed by atoms with E-state index in [1.54, 1.807) is 24.3 Å². The van der Waals surface area contributed by atoms with Crippen molar-refractivity contribution in [3.8, 4) is 0 Å². The van der Waals surface area contributed by atoms with Gasteiger partial charge in [-0.1, -0.05) is 45.8 Å². The summed E-state index contributed by atoms with van der Waals surface area (Å²) in [7, 11) is -3.63. The van der Waals surface area contributed by atoms with Crippen LogP contribution >= 0.6 is 15.9 Å². The molecule has 0 aliphatic heterocycles. The summed E-state index contributed by atoms with van der Waals surface area (Å²) < 4.78 is 25.1. The van der Waals surface area contributed by atoms with E-state index in [-0.39, 0.29) is 4.90 Å². The molecule has 4 nitrogen and oxygen atoms in total. The lowest BCUT2D eigenvalue weighted by atomic mass is 10.1. The van der Waals surface area contributed by atoms with Gasteiger partial charge in [0.25, 0.3) is 10.0 Å². The van der Waals surface area contributed by atoms with Crippen LogP contribution in [-0.4, -0.2) is 14.6 Å². The Hall–Kier alpha value is -1.66. The number of rotatable bonds is 4. The number of benzene rings is 2. The highest BCUT2D eigenvalue weighted by Crippen LogP contribution is 2.18. The van der Waals surface area contributed by atoms with E-state index in [0.29, 0.717) is 0 Å². The van der Waals surface area contributed by atoms with Gasteiger partial charge in [-0.3, -0.25) is 0 Å². The molecule has 0 radical (unpaired) electrons. The number of hydrogen-bond donors (Lipinski definition) is 1. The minimum atomic E-state index is -3.63. The van der Waals surface area contributed by atoms with Crippen LogP contribution in [0.4, 0.5) is 0 Å². The van der Waals surface area contributed by atoms with Gasteiger partial charge in [-0.15, -0.1) is 0 Å². The summed E-state index contributed by atoms with van der Waals surface area (Å²) in [6.07, 6.45) is 1.49. The number of hydrazone groups is 1. The van der Waals surface area contributed by atoms with Crippen molar-refractivity contribution < 1.29 is 8.42 Å². The third-order valence-corrected chi connectivity index (χ3v) is 5.12. The fourth-order valence-electron chi connectivity index (χ4n) is 1.70. The quantitative estimate of drug-likeness (QED) is 0.665. The van der Waals surface area contributed by atoms with Gasteiger partial charge >= 0.3 is 0 Å². The lowest BCUT2D eigenvalue weighted by Crippen LogP contribution is -2.18. The SMILES string of the molecule is Cc1ccc(S(=O)(=O)N/N=C/c2cccc(Br)c2C)cc1. The number of halogens is 1. The standard InChI is InChI=1S/C15H15BrN2O2S/c1-11-6-8-14(9-7-11)21(19,20)18-17-10-13-4-3-5-15(16)12(13)2/h3-10,18H,1-2H3/b17-10+. The van der Waals surface area contributed by atoms with Crippen molar-refractivity contribution >= 4 is 32.2 Å². The molecule has 0 atom stereocenters. The van der Waals surface area contributed by atoms with Crippen LogP contribution in [0.15, 0.2) is 56.9 Å². The monoisotopic (exact) mass is 366 g/mol. The second kappa shape index (κ2) is 6.41. The van der Waals surface area contributed by atoms with Gasteiger partial charge in [0.15, 0.2) is 0 Å². The summed E-state index contributed by atoms with van der Waals surface area (Å²) in [4.78, 5) is 2.41. The molecule has 0 fully saturated rings. The molecule has 0 unspecified atom stereocenters. The molecule has 1 N–H and O–H groups in total. The second-order valence-corrected chi connectivity index (χ2v) is 7.14. The first-order chi connectivity index (χ1) is 9.90. The van der Waals surface area contributed by atoms with Gasteiger partial charge in [0.1, 0.15) is 0 Å². The van der Waals surface area contributed by atoms with Crippen molar-refractivity contribution in [2.45, 2.75) is 18.7 Å². The third-order valence-electron chi connectivity index (χ3n) is 3.02. The van der Waals surface area contributed by atoms with E-state index in [9.17, 15) is 8.42 Å². The minimum absolute atomic E-state index is 0.191. The number of sulfonamides is 1. The maximum Gasteiger partial charge on any atom is 0.276 e. The topological polar surface area (TPSA) is 58.5 Å². The molecule has 0 saturated heterocycles. The van der Waals surface area contributed by atoms with Gasteiger partial charge in [-0.05, 0) is 43.2 Å². The van der Waals surface area contributed by atoms with Crippen LogP contribution in [0.3, 0.4) is 0 Å². The van der Waals surface area contributed by atoms with Crippen molar-refractivity contribution in [1.82, 2.24) is 4.83 Å². The average Bonchev–Trinajstić information content (AvgIpc) is 2.44. The van der Waals surface area contributed by atoms with Crippen LogP contribution in [0.2, 0.25) is 0 Å². The summed E-state index contributed by atoms with van der Waals surface area (Å²) in [5.41, 5.74) is 2.84. The van der Waals surface area contributed by atoms with Crippen molar-refractivity contribution in [1.29, 1.82) is 0 Å². The molecule has 21 heavy (non-hydrogen) atoms. The smallest absolute Gasteiger partial charge is 0.200 e. The molecule has 0 spiro atoms. The summed E-state index contributed by atoms with van der Waals surface area (Å²) in [5, 5.41) is 3.83. The molecule has 6 heteroatoms. The van der Waals surface area contributed by atoms with Crippen LogP contribution in [0, 0.1) is 13.8 Å². The zero-order chi connectivity index (χ0) is 15.5. The molecule has 2 rings (SSSR count). The Morgan fingerprint density at radius 1 is 1.10 bits per heavy atom. The predicted molar refractivity (Wildman–Crippen MR) is 88.0 cm³/mol. The van der Waals surface area contributed by atoms with E-state index in [4.69, 9.17) is 0 Å². The first-order valence-corrected chi connectivity index (χ1v) is 8.54. The third kappa shape index (κ3) is 3.92. The van der Waals surface area contributed by atoms with E-state index in [1.165, 1.54) is 6.21 Å². The number of hydrogen-bond acceptors (Lipinski definition) is 3. The molecule has 0 bridgehead atoms. The number of nitrogens with zero attached hydrogens (tertiary/aromatic N) is 1. The van der Waals surface area contributed by atoms with Gasteiger partial charge in [0.2, 0.25) is 0 Å². The highest BCUT2D eigenvalue weighted by Gasteiger charge is 2.11. The molecular weight excluding hydrogens is 352 g/mol. The fraction of sp³-hybridized carbons (Fsp3) is 0.133. The fourth-order valence-corrected chi connectivity index (χ4v) is 2.87. The van der Waals surface area contributed by atoms with Crippen LogP contribution in [-0.2, 0) is 10.0 Å². The van der Waals surface area contributed by atoms with Gasteiger partial charge in [-0.2, -0.15) is 13.5 Å². The Morgan fingerprint density at radius 3 is 2.43 bits per heavy atom. The van der Waals surface area contributed by atoms with Crippen molar-refractivity contribution in [2.75, 3.05) is 0 Å². The van der Waals surface area contributed by atoms with E-state index in [1.807, 2.05) is 32.0 Å². The lowest BCUT2D eigenvalue weighted by Gasteiger charge is -2.04. The van der Waals surface area contributed by atoms with E-state index in [2.05, 4.69) is 25.9 Å². The van der Waals surface area contributed by atoms with Gasteiger partial charge < -0.3 is 0 Å². The van der Waals surface area contributed by atoms with E-state index >= 15 is 0 Å². The molecular formula is C15H15BrN2O2S. The molecule has 0 heterocycles. The van der Waals surface area contributed by atoms with Crippen molar-refractivity contribution in [3.63, 3.8) is 0 Å². The Bertz CT molecular complexity index is 769. The summed E-state index contributed by atoms with van der Waals surface area (Å²) >= 11 is 3.42. The molecule has 0 aliphatic rings. The normalized spacial score (nSPS) is 11.8. The Labute approximate surface area is 133 Å². The van der Waals surface area contributed by atoms with Crippen LogP contribution in [0.1, 0.15) is 16.7 Å². The van der Waals surface area contributed by atoms with Crippen molar-refractivity contribution in [2.24, 2.45) is 5.10 Å². The molecule has 110 valence electrons. The minimum Gasteiger partial charge on any atom is -0.200 e. The summed E-state index contributed by atoms with van der Waals surface area (Å²) in [6, 6.07) is 12.3. The Balaban J connectivity index is 2.16. The molecule has 0 amide bonds. The molecule has 2 aromatic carbocycles. The first kappa shape index (κ1) is 15.7. The molecule has 0 aliphatic carbocycles. The van der Waals surface area contributed by atoms with Gasteiger partial charge in [-0.25, -0.2) is 4.83 Å². The molecule has 2 aromatic rings. The van der Waals surface area contributed by atoms with Gasteiger partial charge in [0.05, 0.1) is 11.1 Å². The zero-order valence-corrected chi connectivity index (χ0v) is 14.1. The average molecular weight is 367 g/mol. The first-order valence-electron chi connectivity index (χ1n) is 6.27. The van der Waals surface area contributed by atoms with E-state index in [0.717, 1.165) is 21.2 Å². The number of nitrogens with one attached hydrogen (secondary N) is 1. The highest BCUT2D eigenvalue weighted by molar-refractivity contribution is 9.10. The Morgan fingerprint density at radius 2 is 1.76 bits per heavy atom. The molecule has 0 aromatic heterocycles. The largest absolute Gasteiger partial charge is 0.276 e. The Kier molecular flexibility index (Phi) is 4.80. The second-order valence-electron chi connectivity index (χ2n) is 4.62. The summed E-state index contributed by atoms with van der Waals surface area (Å²) in [5.74, 6) is 0. The maximum atomic E-state index is 12.1. The van der Waals surface area contributed by atoms with Crippen LogP contribution < -0.4 is 4.83 Å².